The predicted octanol–water partition coefficient (Wildman–Crippen LogP) is 5.59. The van der Waals surface area contributed by atoms with Crippen LogP contribution in [0.3, 0.4) is 0 Å². The minimum absolute atomic E-state index is 0.168. The number of carbonyl (C=O) groups excluding carboxylic acids is 1. The van der Waals surface area contributed by atoms with Gasteiger partial charge < -0.3 is 4.74 Å². The molecule has 0 aliphatic heterocycles. The molecule has 27 heavy (non-hydrogen) atoms. The van der Waals surface area contributed by atoms with Crippen LogP contribution in [0.15, 0.2) is 24.4 Å². The van der Waals surface area contributed by atoms with E-state index >= 15 is 0 Å². The van der Waals surface area contributed by atoms with Gasteiger partial charge in [0.25, 0.3) is 0 Å². The van der Waals surface area contributed by atoms with E-state index in [9.17, 15) is 13.6 Å². The first-order valence-corrected chi connectivity index (χ1v) is 8.60. The summed E-state index contributed by atoms with van der Waals surface area (Å²) < 4.78 is 33.9. The molecule has 1 heterocycles. The Morgan fingerprint density at radius 3 is 2.48 bits per heavy atom. The average molecular weight is 372 g/mol. The number of rotatable bonds is 4. The van der Waals surface area contributed by atoms with Crippen LogP contribution in [0, 0.1) is 18.3 Å². The van der Waals surface area contributed by atoms with Crippen LogP contribution in [0.1, 0.15) is 51.7 Å². The van der Waals surface area contributed by atoms with Gasteiger partial charge in [-0.05, 0) is 61.1 Å². The molecule has 0 amide bonds. The van der Waals surface area contributed by atoms with E-state index in [0.29, 0.717) is 16.7 Å². The first kappa shape index (κ1) is 20.5. The molecule has 0 radical (unpaired) electrons. The predicted molar refractivity (Wildman–Crippen MR) is 99.5 cm³/mol. The van der Waals surface area contributed by atoms with E-state index < -0.39 is 23.3 Å². The van der Waals surface area contributed by atoms with Crippen molar-refractivity contribution in [3.8, 4) is 11.1 Å². The van der Waals surface area contributed by atoms with Gasteiger partial charge >= 0.3 is 5.97 Å². The minimum atomic E-state index is -0.699. The van der Waals surface area contributed by atoms with Crippen LogP contribution < -0.4 is 0 Å². The van der Waals surface area contributed by atoms with Crippen molar-refractivity contribution in [2.24, 2.45) is 0 Å². The van der Waals surface area contributed by atoms with Gasteiger partial charge in [0.15, 0.2) is 0 Å². The first-order chi connectivity index (χ1) is 12.5. The fourth-order valence-corrected chi connectivity index (χ4v) is 2.93. The average Bonchev–Trinajstić information content (AvgIpc) is 2.53. The van der Waals surface area contributed by atoms with Gasteiger partial charge in [0.1, 0.15) is 11.4 Å². The van der Waals surface area contributed by atoms with Crippen molar-refractivity contribution >= 4 is 11.7 Å². The van der Waals surface area contributed by atoms with Gasteiger partial charge in [-0.25, -0.2) is 14.2 Å². The maximum absolute atomic E-state index is 14.9. The summed E-state index contributed by atoms with van der Waals surface area (Å²) in [6, 6.07) is 4.11. The normalized spacial score (nSPS) is 11.4. The third kappa shape index (κ3) is 4.88. The van der Waals surface area contributed by atoms with Gasteiger partial charge in [0.2, 0.25) is 11.6 Å². The summed E-state index contributed by atoms with van der Waals surface area (Å²) in [6.07, 6.45) is 1.11. The van der Waals surface area contributed by atoms with E-state index in [0.717, 1.165) is 0 Å². The molecule has 0 unspecified atom stereocenters. The van der Waals surface area contributed by atoms with Crippen LogP contribution in [-0.4, -0.2) is 16.6 Å². The molecule has 0 aliphatic carbocycles. The molecule has 1 aromatic heterocycles. The van der Waals surface area contributed by atoms with Crippen molar-refractivity contribution in [2.75, 3.05) is 0 Å². The van der Waals surface area contributed by atoms with E-state index in [4.69, 9.17) is 11.3 Å². The van der Waals surface area contributed by atoms with E-state index in [1.807, 2.05) is 0 Å². The monoisotopic (exact) mass is 372 g/mol. The Bertz CT molecular complexity index is 910. The second-order valence-corrected chi connectivity index (χ2v) is 7.55. The number of pyridine rings is 1. The summed E-state index contributed by atoms with van der Waals surface area (Å²) in [6.45, 7) is 16.1. The van der Waals surface area contributed by atoms with Crippen LogP contribution in [0.2, 0.25) is 0 Å². The first-order valence-electron chi connectivity index (χ1n) is 8.60. The lowest BCUT2D eigenvalue weighted by atomic mass is 9.87. The lowest BCUT2D eigenvalue weighted by Crippen LogP contribution is -2.25. The second kappa shape index (κ2) is 7.83. The van der Waals surface area contributed by atoms with Crippen LogP contribution in [-0.2, 0) is 16.0 Å². The van der Waals surface area contributed by atoms with E-state index in [2.05, 4.69) is 9.83 Å². The number of hydrogen-bond acceptors (Lipinski definition) is 3. The van der Waals surface area contributed by atoms with Gasteiger partial charge in [0.05, 0.1) is 13.0 Å². The van der Waals surface area contributed by atoms with Gasteiger partial charge in [-0.2, -0.15) is 4.39 Å². The Balaban J connectivity index is 2.72. The number of aromatic nitrogens is 1. The van der Waals surface area contributed by atoms with Crippen LogP contribution >= 0.6 is 0 Å². The molecule has 0 N–H and O–H groups in total. The van der Waals surface area contributed by atoms with Gasteiger partial charge in [-0.15, -0.1) is 0 Å². The Morgan fingerprint density at radius 2 is 1.96 bits per heavy atom. The molecule has 0 saturated heterocycles. The van der Waals surface area contributed by atoms with Gasteiger partial charge in [-0.3, -0.25) is 4.79 Å². The number of ether oxygens (including phenoxy) is 1. The van der Waals surface area contributed by atoms with Crippen molar-refractivity contribution in [3.63, 3.8) is 0 Å². The van der Waals surface area contributed by atoms with Crippen molar-refractivity contribution < 1.29 is 18.3 Å². The molecular formula is C21H22F2N2O2. The Labute approximate surface area is 158 Å². The summed E-state index contributed by atoms with van der Waals surface area (Å²) in [4.78, 5) is 19.2. The number of carbonyl (C=O) groups is 1. The zero-order chi connectivity index (χ0) is 20.4. The second-order valence-electron chi connectivity index (χ2n) is 7.55. The molecule has 0 saturated carbocycles. The molecule has 0 aliphatic rings. The lowest BCUT2D eigenvalue weighted by Gasteiger charge is -2.23. The standard InChI is InChI=1S/C21H22F2N2O2/c1-12(2)19-15(11-18(26)27-21(3,4)5)14(10-16(24-6)20(19)23)13-7-8-25-17(22)9-13/h7-10,12H,11H2,1-5H3. The van der Waals surface area contributed by atoms with Crippen molar-refractivity contribution in [1.82, 2.24) is 4.98 Å². The molecule has 142 valence electrons. The molecule has 1 aromatic carbocycles. The number of esters is 1. The van der Waals surface area contributed by atoms with E-state index in [-0.39, 0.29) is 23.6 Å². The zero-order valence-corrected chi connectivity index (χ0v) is 16.1. The Morgan fingerprint density at radius 1 is 1.30 bits per heavy atom. The minimum Gasteiger partial charge on any atom is -0.460 e. The molecule has 0 bridgehead atoms. The van der Waals surface area contributed by atoms with Crippen molar-refractivity contribution in [1.29, 1.82) is 0 Å². The van der Waals surface area contributed by atoms with Crippen LogP contribution in [0.5, 0.6) is 0 Å². The molecule has 2 aromatic rings. The number of benzene rings is 1. The zero-order valence-electron chi connectivity index (χ0n) is 16.1. The number of halogens is 2. The Hall–Kier alpha value is -2.81. The molecule has 0 fully saturated rings. The highest BCUT2D eigenvalue weighted by Crippen LogP contribution is 2.38. The fraction of sp³-hybridized carbons (Fsp3) is 0.381. The largest absolute Gasteiger partial charge is 0.460 e. The van der Waals surface area contributed by atoms with Crippen molar-refractivity contribution in [2.45, 2.75) is 52.6 Å². The third-order valence-corrected chi connectivity index (χ3v) is 3.87. The van der Waals surface area contributed by atoms with Gasteiger partial charge in [0, 0.05) is 12.3 Å². The Kier molecular flexibility index (Phi) is 5.94. The quantitative estimate of drug-likeness (QED) is 0.399. The highest BCUT2D eigenvalue weighted by molar-refractivity contribution is 5.81. The summed E-state index contributed by atoms with van der Waals surface area (Å²) in [5.41, 5.74) is 0.661. The number of hydrogen-bond donors (Lipinski definition) is 0. The fourth-order valence-electron chi connectivity index (χ4n) is 2.93. The molecule has 4 nitrogen and oxygen atoms in total. The maximum Gasteiger partial charge on any atom is 0.310 e. The van der Waals surface area contributed by atoms with Gasteiger partial charge in [-0.1, -0.05) is 13.8 Å². The SMILES string of the molecule is [C-]#[N+]c1cc(-c2ccnc(F)c2)c(CC(=O)OC(C)(C)C)c(C(C)C)c1F. The highest BCUT2D eigenvalue weighted by Gasteiger charge is 2.25. The molecule has 0 spiro atoms. The molecule has 2 rings (SSSR count). The van der Waals surface area contributed by atoms with Crippen LogP contribution in [0.4, 0.5) is 14.5 Å². The summed E-state index contributed by atoms with van der Waals surface area (Å²) >= 11 is 0. The number of nitrogens with zero attached hydrogens (tertiary/aromatic N) is 2. The molecule has 0 atom stereocenters. The summed E-state index contributed by atoms with van der Waals surface area (Å²) in [5.74, 6) is -2.16. The topological polar surface area (TPSA) is 43.5 Å². The van der Waals surface area contributed by atoms with E-state index in [1.165, 1.54) is 18.3 Å². The highest BCUT2D eigenvalue weighted by atomic mass is 19.1. The molecule has 6 heteroatoms. The summed E-state index contributed by atoms with van der Waals surface area (Å²) in [5, 5.41) is 0. The summed E-state index contributed by atoms with van der Waals surface area (Å²) in [7, 11) is 0. The third-order valence-electron chi connectivity index (χ3n) is 3.87. The smallest absolute Gasteiger partial charge is 0.310 e. The van der Waals surface area contributed by atoms with E-state index in [1.54, 1.807) is 40.7 Å². The lowest BCUT2D eigenvalue weighted by molar-refractivity contribution is -0.153. The van der Waals surface area contributed by atoms with Crippen LogP contribution in [0.25, 0.3) is 16.0 Å². The van der Waals surface area contributed by atoms with Crippen molar-refractivity contribution in [3.05, 3.63) is 58.7 Å². The molecular weight excluding hydrogens is 350 g/mol. The maximum atomic E-state index is 14.9.